The van der Waals surface area contributed by atoms with Crippen molar-refractivity contribution in [2.75, 3.05) is 47.0 Å². The Morgan fingerprint density at radius 2 is 2.04 bits per heavy atom. The quantitative estimate of drug-likeness (QED) is 0.823. The van der Waals surface area contributed by atoms with Crippen molar-refractivity contribution in [2.45, 2.75) is 6.04 Å². The predicted molar refractivity (Wildman–Crippen MR) is 79.5 cm³/mol. The third kappa shape index (κ3) is 3.03. The summed E-state index contributed by atoms with van der Waals surface area (Å²) in [6.45, 7) is 3.01. The molecule has 2 saturated heterocycles. The zero-order valence-electron chi connectivity index (χ0n) is 13.2. The van der Waals surface area contributed by atoms with Crippen molar-refractivity contribution in [1.82, 2.24) is 9.80 Å². The highest BCUT2D eigenvalue weighted by Crippen LogP contribution is 2.27. The predicted octanol–water partition coefficient (Wildman–Crippen LogP) is 1.38. The monoisotopic (exact) mass is 326 g/mol. The Kier molecular flexibility index (Phi) is 4.50. The van der Waals surface area contributed by atoms with Gasteiger partial charge in [-0.25, -0.2) is 8.78 Å². The molecule has 0 unspecified atom stereocenters. The summed E-state index contributed by atoms with van der Waals surface area (Å²) in [7, 11) is 3.18. The van der Waals surface area contributed by atoms with Gasteiger partial charge in [0.1, 0.15) is 0 Å². The molecule has 0 spiro atoms. The van der Waals surface area contributed by atoms with Crippen molar-refractivity contribution in [3.8, 4) is 5.75 Å². The number of hydrogen-bond acceptors (Lipinski definition) is 4. The van der Waals surface area contributed by atoms with E-state index in [4.69, 9.17) is 9.47 Å². The van der Waals surface area contributed by atoms with Crippen LogP contribution < -0.4 is 4.74 Å². The van der Waals surface area contributed by atoms with Crippen LogP contribution in [0.25, 0.3) is 0 Å². The van der Waals surface area contributed by atoms with E-state index in [-0.39, 0.29) is 17.5 Å². The maximum atomic E-state index is 14.4. The molecule has 2 aliphatic rings. The molecular weight excluding hydrogens is 306 g/mol. The SMILES string of the molecule is COc1c(F)ccc(C(=O)N2C[C@H]3COC[C@@H]2CN(C)C3)c1F. The lowest BCUT2D eigenvalue weighted by Crippen LogP contribution is -2.46. The number of rotatable bonds is 2. The Hall–Kier alpha value is -1.73. The van der Waals surface area contributed by atoms with Crippen molar-refractivity contribution < 1.29 is 23.0 Å². The number of amides is 1. The Balaban J connectivity index is 1.93. The number of carbonyl (C=O) groups excluding carboxylic acids is 1. The van der Waals surface area contributed by atoms with Crippen LogP contribution in [0.1, 0.15) is 10.4 Å². The van der Waals surface area contributed by atoms with Crippen molar-refractivity contribution >= 4 is 5.91 Å². The van der Waals surface area contributed by atoms with E-state index in [0.29, 0.717) is 26.3 Å². The van der Waals surface area contributed by atoms with Crippen LogP contribution >= 0.6 is 0 Å². The van der Waals surface area contributed by atoms with Gasteiger partial charge in [-0.15, -0.1) is 0 Å². The van der Waals surface area contributed by atoms with Crippen molar-refractivity contribution in [1.29, 1.82) is 0 Å². The van der Waals surface area contributed by atoms with Gasteiger partial charge in [0.15, 0.2) is 17.4 Å². The minimum Gasteiger partial charge on any atom is -0.491 e. The molecule has 0 radical (unpaired) electrons. The zero-order valence-corrected chi connectivity index (χ0v) is 13.2. The van der Waals surface area contributed by atoms with Gasteiger partial charge in [0, 0.05) is 25.6 Å². The van der Waals surface area contributed by atoms with Gasteiger partial charge in [-0.3, -0.25) is 4.79 Å². The molecule has 5 nitrogen and oxygen atoms in total. The normalized spacial score (nSPS) is 25.1. The molecule has 2 atom stereocenters. The molecule has 3 rings (SSSR count). The number of likely N-dealkylation sites (N-methyl/N-ethyl adjacent to an activating group) is 1. The summed E-state index contributed by atoms with van der Waals surface area (Å²) >= 11 is 0. The second-order valence-electron chi connectivity index (χ2n) is 6.18. The molecule has 0 saturated carbocycles. The minimum atomic E-state index is -0.953. The third-order valence-corrected chi connectivity index (χ3v) is 4.40. The molecule has 2 heterocycles. The molecule has 2 bridgehead atoms. The van der Waals surface area contributed by atoms with Crippen LogP contribution in [0, 0.1) is 17.6 Å². The topological polar surface area (TPSA) is 42.0 Å². The summed E-state index contributed by atoms with van der Waals surface area (Å²) in [5.74, 6) is -2.56. The van der Waals surface area contributed by atoms with Crippen LogP contribution in [-0.4, -0.2) is 68.8 Å². The third-order valence-electron chi connectivity index (χ3n) is 4.40. The molecule has 0 N–H and O–H groups in total. The zero-order chi connectivity index (χ0) is 16.6. The number of ether oxygens (including phenoxy) is 2. The smallest absolute Gasteiger partial charge is 0.257 e. The van der Waals surface area contributed by atoms with Crippen molar-refractivity contribution in [3.05, 3.63) is 29.3 Å². The molecule has 0 aliphatic carbocycles. The van der Waals surface area contributed by atoms with Crippen LogP contribution in [0.5, 0.6) is 5.75 Å². The number of halogens is 2. The van der Waals surface area contributed by atoms with Crippen molar-refractivity contribution in [3.63, 3.8) is 0 Å². The molecule has 2 aliphatic heterocycles. The minimum absolute atomic E-state index is 0.143. The summed E-state index contributed by atoms with van der Waals surface area (Å²) in [6, 6.07) is 2.09. The van der Waals surface area contributed by atoms with Crippen LogP contribution in [0.15, 0.2) is 12.1 Å². The maximum absolute atomic E-state index is 14.4. The van der Waals surface area contributed by atoms with Gasteiger partial charge in [-0.05, 0) is 19.2 Å². The first-order valence-electron chi connectivity index (χ1n) is 7.60. The summed E-state index contributed by atoms with van der Waals surface area (Å²) in [6.07, 6.45) is 0. The van der Waals surface area contributed by atoms with Gasteiger partial charge >= 0.3 is 0 Å². The highest BCUT2D eigenvalue weighted by Gasteiger charge is 2.36. The average Bonchev–Trinajstić information content (AvgIpc) is 2.77. The maximum Gasteiger partial charge on any atom is 0.257 e. The summed E-state index contributed by atoms with van der Waals surface area (Å²) in [5.41, 5.74) is -0.168. The fourth-order valence-electron chi connectivity index (χ4n) is 3.37. The highest BCUT2D eigenvalue weighted by atomic mass is 19.1. The van der Waals surface area contributed by atoms with Gasteiger partial charge in [-0.1, -0.05) is 0 Å². The lowest BCUT2D eigenvalue weighted by atomic mass is 10.1. The summed E-state index contributed by atoms with van der Waals surface area (Å²) in [4.78, 5) is 16.6. The second-order valence-corrected chi connectivity index (χ2v) is 6.18. The fourth-order valence-corrected chi connectivity index (χ4v) is 3.37. The Labute approximate surface area is 133 Å². The van der Waals surface area contributed by atoms with Gasteiger partial charge in [0.05, 0.1) is 31.9 Å². The van der Waals surface area contributed by atoms with Crippen LogP contribution in [0.4, 0.5) is 8.78 Å². The van der Waals surface area contributed by atoms with E-state index < -0.39 is 23.3 Å². The molecule has 23 heavy (non-hydrogen) atoms. The molecule has 1 amide bonds. The number of benzene rings is 1. The molecule has 0 aromatic heterocycles. The first-order chi connectivity index (χ1) is 11.0. The molecule has 2 fully saturated rings. The van der Waals surface area contributed by atoms with Crippen LogP contribution in [0.3, 0.4) is 0 Å². The average molecular weight is 326 g/mol. The van der Waals surface area contributed by atoms with E-state index in [1.807, 2.05) is 7.05 Å². The summed E-state index contributed by atoms with van der Waals surface area (Å²) in [5, 5.41) is 0. The van der Waals surface area contributed by atoms with E-state index in [0.717, 1.165) is 12.6 Å². The number of methoxy groups -OCH3 is 1. The van der Waals surface area contributed by atoms with E-state index in [1.165, 1.54) is 13.2 Å². The lowest BCUT2D eigenvalue weighted by molar-refractivity contribution is 0.0480. The van der Waals surface area contributed by atoms with Gasteiger partial charge in [0.2, 0.25) is 0 Å². The van der Waals surface area contributed by atoms with Crippen LogP contribution in [-0.2, 0) is 4.74 Å². The molecule has 126 valence electrons. The van der Waals surface area contributed by atoms with Crippen molar-refractivity contribution in [2.24, 2.45) is 5.92 Å². The number of hydrogen-bond donors (Lipinski definition) is 0. The first-order valence-corrected chi connectivity index (χ1v) is 7.60. The lowest BCUT2D eigenvalue weighted by Gasteiger charge is -2.30. The molecular formula is C16H20F2N2O3. The van der Waals surface area contributed by atoms with Gasteiger partial charge in [0.25, 0.3) is 5.91 Å². The van der Waals surface area contributed by atoms with Gasteiger partial charge in [-0.2, -0.15) is 0 Å². The largest absolute Gasteiger partial charge is 0.491 e. The Morgan fingerprint density at radius 1 is 1.26 bits per heavy atom. The molecule has 7 heteroatoms. The van der Waals surface area contributed by atoms with E-state index in [9.17, 15) is 13.6 Å². The molecule has 1 aromatic rings. The van der Waals surface area contributed by atoms with Crippen LogP contribution in [0.2, 0.25) is 0 Å². The Bertz CT molecular complexity index is 611. The number of fused-ring (bicyclic) bond motifs is 3. The highest BCUT2D eigenvalue weighted by molar-refractivity contribution is 5.95. The fraction of sp³-hybridized carbons (Fsp3) is 0.562. The summed E-state index contributed by atoms with van der Waals surface area (Å²) < 4.78 is 38.3. The van der Waals surface area contributed by atoms with E-state index in [1.54, 1.807) is 4.90 Å². The second kappa shape index (κ2) is 6.41. The molecule has 1 aromatic carbocycles. The number of nitrogens with zero attached hydrogens (tertiary/aromatic N) is 2. The first kappa shape index (κ1) is 16.1. The standard InChI is InChI=1S/C16H20F2N2O3/c1-19-5-10-6-20(11(7-19)9-23-8-10)16(21)12-3-4-13(17)15(22-2)14(12)18/h3-4,10-11H,5-9H2,1-2H3/t10-,11-/m0/s1. The number of carbonyl (C=O) groups is 1. The Morgan fingerprint density at radius 3 is 2.78 bits per heavy atom. The van der Waals surface area contributed by atoms with Gasteiger partial charge < -0.3 is 19.3 Å². The van der Waals surface area contributed by atoms with E-state index in [2.05, 4.69) is 4.90 Å². The van der Waals surface area contributed by atoms with E-state index >= 15 is 0 Å².